The summed E-state index contributed by atoms with van der Waals surface area (Å²) in [6.07, 6.45) is 7.16. The number of aromatic nitrogens is 1. The Kier molecular flexibility index (Phi) is 6.39. The fraction of sp³-hybridized carbons (Fsp3) is 0.421. The van der Waals surface area contributed by atoms with E-state index in [0.29, 0.717) is 23.6 Å². The van der Waals surface area contributed by atoms with Gasteiger partial charge < -0.3 is 14.2 Å². The van der Waals surface area contributed by atoms with Crippen molar-refractivity contribution in [3.8, 4) is 18.1 Å². The molecule has 2 aromatic rings. The summed E-state index contributed by atoms with van der Waals surface area (Å²) in [6.45, 7) is 1.30. The molecule has 154 valence electrons. The van der Waals surface area contributed by atoms with Gasteiger partial charge in [0.05, 0.1) is 23.9 Å². The molecule has 0 bridgehead atoms. The van der Waals surface area contributed by atoms with E-state index in [1.54, 1.807) is 29.9 Å². The maximum absolute atomic E-state index is 12.3. The molecular formula is C19H21N3O5S2. The number of amides is 2. The molecule has 0 N–H and O–H groups in total. The van der Waals surface area contributed by atoms with Crippen LogP contribution in [0, 0.1) is 12.3 Å². The third-order valence-electron chi connectivity index (χ3n) is 4.51. The number of hydrogen-bond acceptors (Lipinski definition) is 6. The number of thiazole rings is 1. The minimum atomic E-state index is -3.90. The van der Waals surface area contributed by atoms with Gasteiger partial charge in [-0.15, -0.1) is 6.42 Å². The highest BCUT2D eigenvalue weighted by molar-refractivity contribution is 7.92. The molecule has 1 saturated heterocycles. The van der Waals surface area contributed by atoms with E-state index in [4.69, 9.17) is 11.2 Å². The molecule has 0 aliphatic carbocycles. The SMILES string of the molecule is C#CCn1c(=NC(=O)CS(=O)(=O)CC(=O)N2CCCC2)sc2cc(OC)ccc21. The molecule has 1 fully saturated rings. The Hall–Kier alpha value is -2.64. The zero-order valence-electron chi connectivity index (χ0n) is 16.0. The first-order chi connectivity index (χ1) is 13.8. The summed E-state index contributed by atoms with van der Waals surface area (Å²) in [5.41, 5.74) is 0.771. The molecule has 1 aromatic heterocycles. The first kappa shape index (κ1) is 21.1. The van der Waals surface area contributed by atoms with Crippen molar-refractivity contribution in [2.45, 2.75) is 19.4 Å². The second kappa shape index (κ2) is 8.80. The van der Waals surface area contributed by atoms with Crippen LogP contribution in [0.2, 0.25) is 0 Å². The molecule has 0 radical (unpaired) electrons. The van der Waals surface area contributed by atoms with Gasteiger partial charge in [0, 0.05) is 13.1 Å². The van der Waals surface area contributed by atoms with Gasteiger partial charge in [-0.25, -0.2) is 8.42 Å². The molecule has 0 unspecified atom stereocenters. The average molecular weight is 436 g/mol. The highest BCUT2D eigenvalue weighted by Gasteiger charge is 2.26. The Morgan fingerprint density at radius 2 is 2.00 bits per heavy atom. The Morgan fingerprint density at radius 3 is 2.66 bits per heavy atom. The van der Waals surface area contributed by atoms with E-state index in [1.807, 2.05) is 0 Å². The van der Waals surface area contributed by atoms with Gasteiger partial charge >= 0.3 is 0 Å². The minimum Gasteiger partial charge on any atom is -0.497 e. The maximum Gasteiger partial charge on any atom is 0.263 e. The van der Waals surface area contributed by atoms with Crippen molar-refractivity contribution in [2.75, 3.05) is 31.7 Å². The third-order valence-corrected chi connectivity index (χ3v) is 6.92. The number of fused-ring (bicyclic) bond motifs is 1. The molecule has 2 heterocycles. The van der Waals surface area contributed by atoms with Crippen LogP contribution in [-0.4, -0.2) is 61.4 Å². The number of sulfone groups is 1. The molecule has 2 amide bonds. The third kappa shape index (κ3) is 5.05. The minimum absolute atomic E-state index is 0.179. The number of rotatable bonds is 6. The number of terminal acetylenes is 1. The summed E-state index contributed by atoms with van der Waals surface area (Å²) < 4.78 is 32.2. The van der Waals surface area contributed by atoms with Crippen LogP contribution >= 0.6 is 11.3 Å². The number of carbonyl (C=O) groups excluding carboxylic acids is 2. The molecular weight excluding hydrogens is 414 g/mol. The van der Waals surface area contributed by atoms with Crippen LogP contribution in [-0.2, 0) is 26.0 Å². The second-order valence-electron chi connectivity index (χ2n) is 6.63. The van der Waals surface area contributed by atoms with Crippen LogP contribution in [0.15, 0.2) is 23.2 Å². The fourth-order valence-electron chi connectivity index (χ4n) is 3.13. The second-order valence-corrected chi connectivity index (χ2v) is 9.71. The number of hydrogen-bond donors (Lipinski definition) is 0. The summed E-state index contributed by atoms with van der Waals surface area (Å²) in [4.78, 5) is 30.2. The summed E-state index contributed by atoms with van der Waals surface area (Å²) in [5, 5.41) is 0. The van der Waals surface area contributed by atoms with Gasteiger partial charge in [-0.2, -0.15) is 4.99 Å². The largest absolute Gasteiger partial charge is 0.497 e. The quantitative estimate of drug-likeness (QED) is 0.626. The number of ether oxygens (including phenoxy) is 1. The van der Waals surface area contributed by atoms with E-state index in [-0.39, 0.29) is 6.54 Å². The first-order valence-electron chi connectivity index (χ1n) is 8.99. The lowest BCUT2D eigenvalue weighted by molar-refractivity contribution is -0.127. The predicted octanol–water partition coefficient (Wildman–Crippen LogP) is 0.809. The molecule has 0 spiro atoms. The van der Waals surface area contributed by atoms with E-state index in [9.17, 15) is 18.0 Å². The topological polar surface area (TPSA) is 98.0 Å². The van der Waals surface area contributed by atoms with Gasteiger partial charge in [0.1, 0.15) is 17.3 Å². The van der Waals surface area contributed by atoms with Crippen LogP contribution in [0.5, 0.6) is 5.75 Å². The lowest BCUT2D eigenvalue weighted by Gasteiger charge is -2.14. The summed E-state index contributed by atoms with van der Waals surface area (Å²) in [6, 6.07) is 5.36. The highest BCUT2D eigenvalue weighted by atomic mass is 32.2. The standard InChI is InChI=1S/C19H21N3O5S2/c1-3-8-22-15-7-6-14(27-2)11-16(15)28-19(22)20-17(23)12-29(25,26)13-18(24)21-9-4-5-10-21/h1,6-7,11H,4-5,8-10,12-13H2,2H3. The van der Waals surface area contributed by atoms with E-state index in [1.165, 1.54) is 16.2 Å². The van der Waals surface area contributed by atoms with Crippen LogP contribution in [0.3, 0.4) is 0 Å². The molecule has 29 heavy (non-hydrogen) atoms. The van der Waals surface area contributed by atoms with Gasteiger partial charge in [0.25, 0.3) is 5.91 Å². The van der Waals surface area contributed by atoms with Crippen molar-refractivity contribution >= 4 is 43.2 Å². The van der Waals surface area contributed by atoms with E-state index in [2.05, 4.69) is 10.9 Å². The van der Waals surface area contributed by atoms with Gasteiger partial charge in [0.15, 0.2) is 14.6 Å². The fourth-order valence-corrected chi connectivity index (χ4v) is 5.31. The summed E-state index contributed by atoms with van der Waals surface area (Å²) >= 11 is 1.21. The Labute approximate surface area is 172 Å². The van der Waals surface area contributed by atoms with E-state index in [0.717, 1.165) is 23.1 Å². The molecule has 10 heteroatoms. The number of methoxy groups -OCH3 is 1. The molecule has 1 aliphatic rings. The molecule has 8 nitrogen and oxygen atoms in total. The first-order valence-corrected chi connectivity index (χ1v) is 11.6. The lowest BCUT2D eigenvalue weighted by atomic mass is 10.3. The van der Waals surface area contributed by atoms with E-state index >= 15 is 0 Å². The van der Waals surface area contributed by atoms with Crippen LogP contribution in [0.4, 0.5) is 0 Å². The van der Waals surface area contributed by atoms with Gasteiger partial charge in [-0.3, -0.25) is 9.59 Å². The van der Waals surface area contributed by atoms with Crippen molar-refractivity contribution in [1.29, 1.82) is 0 Å². The Balaban J connectivity index is 1.84. The van der Waals surface area contributed by atoms with Crippen molar-refractivity contribution in [1.82, 2.24) is 9.47 Å². The summed E-state index contributed by atoms with van der Waals surface area (Å²) in [5.74, 6) is 0.361. The number of nitrogens with zero attached hydrogens (tertiary/aromatic N) is 3. The average Bonchev–Trinajstić information content (AvgIpc) is 3.29. The number of carbonyl (C=O) groups is 2. The maximum atomic E-state index is 12.3. The van der Waals surface area contributed by atoms with E-state index < -0.39 is 33.2 Å². The monoisotopic (exact) mass is 435 g/mol. The molecule has 1 aliphatic heterocycles. The van der Waals surface area contributed by atoms with Crippen molar-refractivity contribution in [2.24, 2.45) is 4.99 Å². The van der Waals surface area contributed by atoms with Crippen LogP contribution in [0.1, 0.15) is 12.8 Å². The Morgan fingerprint density at radius 1 is 1.28 bits per heavy atom. The predicted molar refractivity (Wildman–Crippen MR) is 110 cm³/mol. The Bertz CT molecular complexity index is 1150. The summed E-state index contributed by atoms with van der Waals surface area (Å²) in [7, 11) is -2.35. The lowest BCUT2D eigenvalue weighted by Crippen LogP contribution is -2.35. The van der Waals surface area contributed by atoms with Gasteiger partial charge in [-0.1, -0.05) is 17.3 Å². The molecule has 0 atom stereocenters. The van der Waals surface area contributed by atoms with Crippen molar-refractivity contribution in [3.05, 3.63) is 23.0 Å². The van der Waals surface area contributed by atoms with Gasteiger partial charge in [-0.05, 0) is 31.0 Å². The van der Waals surface area contributed by atoms with Crippen molar-refractivity contribution < 1.29 is 22.7 Å². The molecule has 0 saturated carbocycles. The number of likely N-dealkylation sites (tertiary alicyclic amines) is 1. The highest BCUT2D eigenvalue weighted by Crippen LogP contribution is 2.23. The van der Waals surface area contributed by atoms with Crippen LogP contribution in [0.25, 0.3) is 10.2 Å². The van der Waals surface area contributed by atoms with Gasteiger partial charge in [0.2, 0.25) is 5.91 Å². The van der Waals surface area contributed by atoms with Crippen molar-refractivity contribution in [3.63, 3.8) is 0 Å². The molecule has 1 aromatic carbocycles. The zero-order chi connectivity index (χ0) is 21.0. The zero-order valence-corrected chi connectivity index (χ0v) is 17.6. The van der Waals surface area contributed by atoms with Crippen LogP contribution < -0.4 is 9.54 Å². The smallest absolute Gasteiger partial charge is 0.263 e. The normalized spacial score (nSPS) is 14.9. The molecule has 3 rings (SSSR count). The number of benzene rings is 1.